The molecule has 0 spiro atoms. The van der Waals surface area contributed by atoms with Crippen LogP contribution in [0.2, 0.25) is 5.02 Å². The molecule has 0 radical (unpaired) electrons. The van der Waals surface area contributed by atoms with Crippen molar-refractivity contribution in [2.75, 3.05) is 7.05 Å². The third kappa shape index (κ3) is 2.23. The van der Waals surface area contributed by atoms with E-state index in [1.54, 1.807) is 6.07 Å². The predicted octanol–water partition coefficient (Wildman–Crippen LogP) is 3.41. The number of nitrogens with one attached hydrogen (secondary N) is 1. The third-order valence-electron chi connectivity index (χ3n) is 3.78. The molecule has 1 aromatic rings. The molecule has 1 aliphatic carbocycles. The van der Waals surface area contributed by atoms with Crippen molar-refractivity contribution in [3.05, 3.63) is 34.6 Å². The molecular formula is C13H17ClFN. The van der Waals surface area contributed by atoms with Crippen LogP contribution < -0.4 is 5.32 Å². The maximum Gasteiger partial charge on any atom is 0.141 e. The van der Waals surface area contributed by atoms with Crippen molar-refractivity contribution < 1.29 is 4.39 Å². The number of rotatable bonds is 4. The number of halogens is 2. The second kappa shape index (κ2) is 4.34. The lowest BCUT2D eigenvalue weighted by Gasteiger charge is -2.23. The first-order valence-electron chi connectivity index (χ1n) is 5.68. The number of benzene rings is 1. The fourth-order valence-electron chi connectivity index (χ4n) is 2.29. The molecule has 0 bridgehead atoms. The van der Waals surface area contributed by atoms with Crippen LogP contribution >= 0.6 is 11.6 Å². The van der Waals surface area contributed by atoms with Gasteiger partial charge in [-0.15, -0.1) is 0 Å². The summed E-state index contributed by atoms with van der Waals surface area (Å²) in [5.41, 5.74) is 1.49. The molecular weight excluding hydrogens is 225 g/mol. The highest BCUT2D eigenvalue weighted by Crippen LogP contribution is 2.51. The molecule has 1 N–H and O–H groups in total. The zero-order chi connectivity index (χ0) is 11.8. The highest BCUT2D eigenvalue weighted by atomic mass is 35.5. The monoisotopic (exact) mass is 241 g/mol. The quantitative estimate of drug-likeness (QED) is 0.852. The topological polar surface area (TPSA) is 12.0 Å². The van der Waals surface area contributed by atoms with Crippen molar-refractivity contribution >= 4 is 11.6 Å². The van der Waals surface area contributed by atoms with Crippen LogP contribution in [0.15, 0.2) is 18.2 Å². The van der Waals surface area contributed by atoms with Gasteiger partial charge < -0.3 is 5.32 Å². The average Bonchev–Trinajstić information content (AvgIpc) is 3.03. The van der Waals surface area contributed by atoms with E-state index in [0.717, 1.165) is 12.0 Å². The summed E-state index contributed by atoms with van der Waals surface area (Å²) in [6.45, 7) is 2.21. The van der Waals surface area contributed by atoms with Crippen molar-refractivity contribution in [1.29, 1.82) is 0 Å². The molecule has 88 valence electrons. The Kier molecular flexibility index (Phi) is 3.22. The van der Waals surface area contributed by atoms with Crippen LogP contribution in [0.25, 0.3) is 0 Å². The molecule has 1 nitrogen and oxygen atoms in total. The van der Waals surface area contributed by atoms with Crippen molar-refractivity contribution in [3.8, 4) is 0 Å². The Balaban J connectivity index is 2.12. The van der Waals surface area contributed by atoms with Gasteiger partial charge >= 0.3 is 0 Å². The SMILES string of the molecule is CNC(C)C1(Cc2ccc(F)c(Cl)c2)CC1. The van der Waals surface area contributed by atoms with E-state index in [2.05, 4.69) is 12.2 Å². The van der Waals surface area contributed by atoms with E-state index < -0.39 is 0 Å². The van der Waals surface area contributed by atoms with Crippen molar-refractivity contribution in [1.82, 2.24) is 5.32 Å². The molecule has 1 aromatic carbocycles. The number of hydrogen-bond acceptors (Lipinski definition) is 1. The molecule has 1 saturated carbocycles. The standard InChI is InChI=1S/C13H17ClFN/c1-9(16-2)13(5-6-13)8-10-3-4-12(15)11(14)7-10/h3-4,7,9,16H,5-6,8H2,1-2H3. The van der Waals surface area contributed by atoms with E-state index in [1.807, 2.05) is 13.1 Å². The molecule has 0 aliphatic heterocycles. The lowest BCUT2D eigenvalue weighted by Crippen LogP contribution is -2.33. The minimum Gasteiger partial charge on any atom is -0.317 e. The van der Waals surface area contributed by atoms with Crippen LogP contribution in [0.1, 0.15) is 25.3 Å². The van der Waals surface area contributed by atoms with Crippen molar-refractivity contribution in [2.24, 2.45) is 5.41 Å². The summed E-state index contributed by atoms with van der Waals surface area (Å²) in [4.78, 5) is 0. The van der Waals surface area contributed by atoms with Gasteiger partial charge in [0.1, 0.15) is 5.82 Å². The summed E-state index contributed by atoms with van der Waals surface area (Å²) < 4.78 is 13.0. The Labute approximate surface area is 101 Å². The highest BCUT2D eigenvalue weighted by Gasteiger charge is 2.46. The molecule has 1 aliphatic rings. The van der Waals surface area contributed by atoms with Gasteiger partial charge in [0, 0.05) is 6.04 Å². The molecule has 0 heterocycles. The van der Waals surface area contributed by atoms with E-state index in [0.29, 0.717) is 11.5 Å². The maximum atomic E-state index is 13.0. The molecule has 1 atom stereocenters. The lowest BCUT2D eigenvalue weighted by molar-refractivity contribution is 0.369. The van der Waals surface area contributed by atoms with Crippen LogP contribution in [0.5, 0.6) is 0 Å². The van der Waals surface area contributed by atoms with Crippen LogP contribution in [0, 0.1) is 11.2 Å². The molecule has 16 heavy (non-hydrogen) atoms. The fraction of sp³-hybridized carbons (Fsp3) is 0.538. The molecule has 3 heteroatoms. The van der Waals surface area contributed by atoms with E-state index in [1.165, 1.54) is 18.9 Å². The third-order valence-corrected chi connectivity index (χ3v) is 4.07. The van der Waals surface area contributed by atoms with Gasteiger partial charge in [0.25, 0.3) is 0 Å². The van der Waals surface area contributed by atoms with Crippen LogP contribution in [-0.4, -0.2) is 13.1 Å². The van der Waals surface area contributed by atoms with Crippen LogP contribution in [0.4, 0.5) is 4.39 Å². The average molecular weight is 242 g/mol. The lowest BCUT2D eigenvalue weighted by atomic mass is 9.90. The van der Waals surface area contributed by atoms with Crippen LogP contribution in [-0.2, 0) is 6.42 Å². The smallest absolute Gasteiger partial charge is 0.141 e. The maximum absolute atomic E-state index is 13.0. The zero-order valence-corrected chi connectivity index (χ0v) is 10.4. The van der Waals surface area contributed by atoms with Gasteiger partial charge in [0.2, 0.25) is 0 Å². The highest BCUT2D eigenvalue weighted by molar-refractivity contribution is 6.30. The summed E-state index contributed by atoms with van der Waals surface area (Å²) in [5, 5.41) is 3.53. The zero-order valence-electron chi connectivity index (χ0n) is 9.69. The van der Waals surface area contributed by atoms with Gasteiger partial charge in [-0.2, -0.15) is 0 Å². The summed E-state index contributed by atoms with van der Waals surface area (Å²) >= 11 is 5.79. The fourth-order valence-corrected chi connectivity index (χ4v) is 2.49. The first-order valence-corrected chi connectivity index (χ1v) is 6.06. The van der Waals surface area contributed by atoms with E-state index in [9.17, 15) is 4.39 Å². The van der Waals surface area contributed by atoms with E-state index in [-0.39, 0.29) is 10.8 Å². The summed E-state index contributed by atoms with van der Waals surface area (Å²) in [6, 6.07) is 5.54. The summed E-state index contributed by atoms with van der Waals surface area (Å²) in [7, 11) is 1.99. The first-order chi connectivity index (χ1) is 7.57. The normalized spacial score (nSPS) is 19.5. The molecule has 0 saturated heterocycles. The van der Waals surface area contributed by atoms with Gasteiger partial charge in [-0.05, 0) is 56.3 Å². The van der Waals surface area contributed by atoms with E-state index >= 15 is 0 Å². The minimum absolute atomic E-state index is 0.227. The van der Waals surface area contributed by atoms with Gasteiger partial charge in [-0.1, -0.05) is 17.7 Å². The van der Waals surface area contributed by atoms with Gasteiger partial charge in [-0.25, -0.2) is 4.39 Å². The molecule has 1 unspecified atom stereocenters. The molecule has 1 fully saturated rings. The summed E-state index contributed by atoms with van der Waals surface area (Å²) in [6.07, 6.45) is 3.46. The second-order valence-electron chi connectivity index (χ2n) is 4.80. The Morgan fingerprint density at radius 3 is 2.69 bits per heavy atom. The largest absolute Gasteiger partial charge is 0.317 e. The Morgan fingerprint density at radius 2 is 2.19 bits per heavy atom. The van der Waals surface area contributed by atoms with Crippen molar-refractivity contribution in [3.63, 3.8) is 0 Å². The minimum atomic E-state index is -0.336. The Hall–Kier alpha value is -0.600. The molecule has 0 amide bonds. The van der Waals surface area contributed by atoms with Gasteiger partial charge in [0.15, 0.2) is 0 Å². The Morgan fingerprint density at radius 1 is 1.50 bits per heavy atom. The van der Waals surface area contributed by atoms with E-state index in [4.69, 9.17) is 11.6 Å². The van der Waals surface area contributed by atoms with Gasteiger partial charge in [-0.3, -0.25) is 0 Å². The number of hydrogen-bond donors (Lipinski definition) is 1. The first kappa shape index (κ1) is 11.9. The van der Waals surface area contributed by atoms with Crippen molar-refractivity contribution in [2.45, 2.75) is 32.2 Å². The molecule has 0 aromatic heterocycles. The summed E-state index contributed by atoms with van der Waals surface area (Å²) in [5.74, 6) is -0.336. The second-order valence-corrected chi connectivity index (χ2v) is 5.21. The van der Waals surface area contributed by atoms with Crippen LogP contribution in [0.3, 0.4) is 0 Å². The Bertz CT molecular complexity index is 388. The predicted molar refractivity (Wildman–Crippen MR) is 65.3 cm³/mol. The molecule has 2 rings (SSSR count). The van der Waals surface area contributed by atoms with Gasteiger partial charge in [0.05, 0.1) is 5.02 Å².